The van der Waals surface area contributed by atoms with Crippen LogP contribution in [0.5, 0.6) is 0 Å². The molecule has 1 aromatic heterocycles. The van der Waals surface area contributed by atoms with Crippen LogP contribution in [0.2, 0.25) is 0 Å². The van der Waals surface area contributed by atoms with Crippen molar-refractivity contribution in [3.63, 3.8) is 0 Å². The second kappa shape index (κ2) is 6.55. The zero-order valence-corrected chi connectivity index (χ0v) is 14.0. The summed E-state index contributed by atoms with van der Waals surface area (Å²) in [6.45, 7) is 0.417. The number of nitrogens with zero attached hydrogens (tertiary/aromatic N) is 1. The van der Waals surface area contributed by atoms with Crippen LogP contribution in [0.15, 0.2) is 66.9 Å². The van der Waals surface area contributed by atoms with E-state index in [1.54, 1.807) is 0 Å². The summed E-state index contributed by atoms with van der Waals surface area (Å²) in [6.07, 6.45) is 4.74. The first kappa shape index (κ1) is 15.6. The molecule has 0 saturated heterocycles. The molecule has 4 nitrogen and oxygen atoms in total. The normalized spacial score (nSPS) is 15.4. The number of benzene rings is 2. The minimum atomic E-state index is -0.365. The fourth-order valence-electron chi connectivity index (χ4n) is 3.48. The number of hydrogen-bond donors (Lipinski definition) is 2. The number of carbonyl (C=O) groups is 1. The Kier molecular flexibility index (Phi) is 4.10. The molecular weight excluding hydrogens is 310 g/mol. The van der Waals surface area contributed by atoms with E-state index >= 15 is 0 Å². The molecule has 2 aromatic carbocycles. The highest BCUT2D eigenvalue weighted by Gasteiger charge is 2.45. The Balaban J connectivity index is 1.45. The van der Waals surface area contributed by atoms with Crippen LogP contribution in [0.4, 0.5) is 0 Å². The fraction of sp³-hybridized carbons (Fsp3) is 0.238. The monoisotopic (exact) mass is 331 g/mol. The van der Waals surface area contributed by atoms with Gasteiger partial charge >= 0.3 is 0 Å². The summed E-state index contributed by atoms with van der Waals surface area (Å²) >= 11 is 0. The Morgan fingerprint density at radius 1 is 1.04 bits per heavy atom. The maximum atomic E-state index is 12.8. The van der Waals surface area contributed by atoms with E-state index < -0.39 is 0 Å². The van der Waals surface area contributed by atoms with Gasteiger partial charge in [-0.25, -0.2) is 4.98 Å². The number of imidazole rings is 1. The van der Waals surface area contributed by atoms with Gasteiger partial charge in [0.05, 0.1) is 23.9 Å². The van der Waals surface area contributed by atoms with Crippen molar-refractivity contribution in [2.75, 3.05) is 0 Å². The van der Waals surface area contributed by atoms with Crippen molar-refractivity contribution in [1.82, 2.24) is 15.3 Å². The minimum Gasteiger partial charge on any atom is -0.348 e. The standard InChI is InChI=1S/C21H21N3O/c25-20(21(12-7-13-21)17-10-5-2-6-11-17)23-15-19-22-14-18(24-19)16-8-3-1-4-9-16/h1-6,8-11,14H,7,12-13,15H2,(H,22,24)(H,23,25). The molecule has 4 rings (SSSR count). The fourth-order valence-corrected chi connectivity index (χ4v) is 3.48. The number of aromatic amines is 1. The number of carbonyl (C=O) groups excluding carboxylic acids is 1. The highest BCUT2D eigenvalue weighted by atomic mass is 16.2. The molecule has 0 aliphatic heterocycles. The molecule has 1 amide bonds. The summed E-state index contributed by atoms with van der Waals surface area (Å²) in [6, 6.07) is 20.2. The number of rotatable bonds is 5. The van der Waals surface area contributed by atoms with Crippen LogP contribution in [-0.4, -0.2) is 15.9 Å². The van der Waals surface area contributed by atoms with Crippen LogP contribution < -0.4 is 5.32 Å². The van der Waals surface area contributed by atoms with E-state index in [4.69, 9.17) is 0 Å². The van der Waals surface area contributed by atoms with Gasteiger partial charge in [0, 0.05) is 0 Å². The number of hydrogen-bond acceptors (Lipinski definition) is 2. The Morgan fingerprint density at radius 2 is 1.72 bits per heavy atom. The Labute approximate surface area is 147 Å². The van der Waals surface area contributed by atoms with Crippen LogP contribution in [0.25, 0.3) is 11.3 Å². The van der Waals surface area contributed by atoms with Crippen molar-refractivity contribution >= 4 is 5.91 Å². The van der Waals surface area contributed by atoms with E-state index in [-0.39, 0.29) is 11.3 Å². The Morgan fingerprint density at radius 3 is 2.36 bits per heavy atom. The first-order valence-electron chi connectivity index (χ1n) is 8.71. The molecular formula is C21H21N3O. The van der Waals surface area contributed by atoms with E-state index in [0.29, 0.717) is 6.54 Å². The van der Waals surface area contributed by atoms with E-state index in [1.165, 1.54) is 0 Å². The van der Waals surface area contributed by atoms with Crippen molar-refractivity contribution in [1.29, 1.82) is 0 Å². The SMILES string of the molecule is O=C(NCc1ncc(-c2ccccc2)[nH]1)C1(c2ccccc2)CCC1. The van der Waals surface area contributed by atoms with Crippen molar-refractivity contribution in [3.05, 3.63) is 78.2 Å². The summed E-state index contributed by atoms with van der Waals surface area (Å²) in [7, 11) is 0. The van der Waals surface area contributed by atoms with Gasteiger partial charge in [-0.15, -0.1) is 0 Å². The largest absolute Gasteiger partial charge is 0.348 e. The predicted molar refractivity (Wildman–Crippen MR) is 97.8 cm³/mol. The molecule has 4 heteroatoms. The number of nitrogens with one attached hydrogen (secondary N) is 2. The zero-order valence-electron chi connectivity index (χ0n) is 14.0. The van der Waals surface area contributed by atoms with Gasteiger partial charge in [0.2, 0.25) is 5.91 Å². The molecule has 126 valence electrons. The Bertz CT molecular complexity index is 851. The van der Waals surface area contributed by atoms with E-state index in [0.717, 1.165) is 41.9 Å². The molecule has 1 aliphatic rings. The van der Waals surface area contributed by atoms with Crippen LogP contribution >= 0.6 is 0 Å². The van der Waals surface area contributed by atoms with Crippen LogP contribution in [-0.2, 0) is 16.8 Å². The summed E-state index contributed by atoms with van der Waals surface area (Å²) < 4.78 is 0. The molecule has 0 spiro atoms. The smallest absolute Gasteiger partial charge is 0.231 e. The lowest BCUT2D eigenvalue weighted by Gasteiger charge is -2.40. The molecule has 0 atom stereocenters. The Hall–Kier alpha value is -2.88. The van der Waals surface area contributed by atoms with Gasteiger partial charge < -0.3 is 10.3 Å². The number of aromatic nitrogens is 2. The summed E-state index contributed by atoms with van der Waals surface area (Å²) in [4.78, 5) is 20.5. The van der Waals surface area contributed by atoms with Crippen LogP contribution in [0.3, 0.4) is 0 Å². The molecule has 1 heterocycles. The molecule has 0 bridgehead atoms. The van der Waals surface area contributed by atoms with Gasteiger partial charge in [-0.2, -0.15) is 0 Å². The summed E-state index contributed by atoms with van der Waals surface area (Å²) in [5, 5.41) is 3.07. The molecule has 2 N–H and O–H groups in total. The van der Waals surface area contributed by atoms with Gasteiger partial charge in [-0.1, -0.05) is 67.1 Å². The topological polar surface area (TPSA) is 57.8 Å². The van der Waals surface area contributed by atoms with Crippen molar-refractivity contribution in [3.8, 4) is 11.3 Å². The van der Waals surface area contributed by atoms with Gasteiger partial charge in [0.25, 0.3) is 0 Å². The number of amides is 1. The van der Waals surface area contributed by atoms with E-state index in [2.05, 4.69) is 27.4 Å². The highest BCUT2D eigenvalue weighted by Crippen LogP contribution is 2.43. The molecule has 0 radical (unpaired) electrons. The predicted octanol–water partition coefficient (Wildman–Crippen LogP) is 3.81. The van der Waals surface area contributed by atoms with Crippen molar-refractivity contribution in [2.24, 2.45) is 0 Å². The molecule has 3 aromatic rings. The third-order valence-electron chi connectivity index (χ3n) is 5.10. The van der Waals surface area contributed by atoms with E-state index in [1.807, 2.05) is 54.7 Å². The molecule has 0 unspecified atom stereocenters. The third kappa shape index (κ3) is 2.95. The molecule has 1 fully saturated rings. The lowest BCUT2D eigenvalue weighted by Crippen LogP contribution is -2.49. The molecule has 25 heavy (non-hydrogen) atoms. The van der Waals surface area contributed by atoms with Crippen molar-refractivity contribution < 1.29 is 4.79 Å². The lowest BCUT2D eigenvalue weighted by atomic mass is 9.64. The average molecular weight is 331 g/mol. The van der Waals surface area contributed by atoms with Crippen LogP contribution in [0.1, 0.15) is 30.7 Å². The number of H-pyrrole nitrogens is 1. The average Bonchev–Trinajstić information content (AvgIpc) is 3.10. The van der Waals surface area contributed by atoms with Gasteiger partial charge in [0.1, 0.15) is 5.82 Å². The van der Waals surface area contributed by atoms with Gasteiger partial charge in [-0.3, -0.25) is 4.79 Å². The lowest BCUT2D eigenvalue weighted by molar-refractivity contribution is -0.130. The highest BCUT2D eigenvalue weighted by molar-refractivity contribution is 5.89. The van der Waals surface area contributed by atoms with Gasteiger partial charge in [0.15, 0.2) is 0 Å². The molecule has 1 aliphatic carbocycles. The zero-order chi connectivity index (χ0) is 17.1. The quantitative estimate of drug-likeness (QED) is 0.747. The van der Waals surface area contributed by atoms with Crippen molar-refractivity contribution in [2.45, 2.75) is 31.2 Å². The van der Waals surface area contributed by atoms with Crippen LogP contribution in [0, 0.1) is 0 Å². The van der Waals surface area contributed by atoms with Gasteiger partial charge in [-0.05, 0) is 24.0 Å². The maximum Gasteiger partial charge on any atom is 0.231 e. The van der Waals surface area contributed by atoms with E-state index in [9.17, 15) is 4.79 Å². The summed E-state index contributed by atoms with van der Waals surface area (Å²) in [5.41, 5.74) is 2.80. The first-order valence-corrected chi connectivity index (χ1v) is 8.71. The first-order chi connectivity index (χ1) is 12.3. The third-order valence-corrected chi connectivity index (χ3v) is 5.10. The second-order valence-electron chi connectivity index (χ2n) is 6.59. The maximum absolute atomic E-state index is 12.8. The summed E-state index contributed by atoms with van der Waals surface area (Å²) in [5.74, 6) is 0.873. The second-order valence-corrected chi connectivity index (χ2v) is 6.59. The minimum absolute atomic E-state index is 0.0996. The molecule has 1 saturated carbocycles.